The minimum atomic E-state index is -0.868. The first-order valence-electron chi connectivity index (χ1n) is 8.74. The fraction of sp³-hybridized carbons (Fsp3) is 0.471. The van der Waals surface area contributed by atoms with E-state index < -0.39 is 23.4 Å². The normalized spacial score (nSPS) is 19.3. The summed E-state index contributed by atoms with van der Waals surface area (Å²) >= 11 is 0. The first-order valence-corrected chi connectivity index (χ1v) is 8.74. The van der Waals surface area contributed by atoms with Crippen molar-refractivity contribution < 1.29 is 9.90 Å². The molecule has 1 amide bonds. The van der Waals surface area contributed by atoms with Gasteiger partial charge in [0.15, 0.2) is 0 Å². The van der Waals surface area contributed by atoms with E-state index in [4.69, 9.17) is 0 Å². The van der Waals surface area contributed by atoms with Gasteiger partial charge in [0, 0.05) is 50.2 Å². The molecule has 1 aliphatic heterocycles. The van der Waals surface area contributed by atoms with E-state index in [0.29, 0.717) is 30.9 Å². The van der Waals surface area contributed by atoms with E-state index in [1.165, 1.54) is 10.8 Å². The largest absolute Gasteiger partial charge is 0.389 e. The molecule has 0 spiro atoms. The topological polar surface area (TPSA) is 133 Å². The summed E-state index contributed by atoms with van der Waals surface area (Å²) in [6, 6.07) is 1.15. The lowest BCUT2D eigenvalue weighted by Crippen LogP contribution is -2.37. The lowest BCUT2D eigenvalue weighted by molar-refractivity contribution is -0.130. The number of hydrogen-bond acceptors (Lipinski definition) is 7. The first kappa shape index (κ1) is 18.8. The Balaban J connectivity index is 1.54. The van der Waals surface area contributed by atoms with Crippen LogP contribution in [0.3, 0.4) is 0 Å². The summed E-state index contributed by atoms with van der Waals surface area (Å²) in [5, 5.41) is 13.3. The van der Waals surface area contributed by atoms with Gasteiger partial charge >= 0.3 is 5.69 Å². The molecule has 0 bridgehead atoms. The van der Waals surface area contributed by atoms with Gasteiger partial charge in [-0.05, 0) is 19.4 Å². The number of nitrogens with one attached hydrogen (secondary N) is 2. The Labute approximate surface area is 154 Å². The third-order valence-electron chi connectivity index (χ3n) is 4.53. The molecule has 0 aliphatic carbocycles. The summed E-state index contributed by atoms with van der Waals surface area (Å²) < 4.78 is 1.29. The van der Waals surface area contributed by atoms with Gasteiger partial charge in [-0.15, -0.1) is 0 Å². The molecule has 144 valence electrons. The summed E-state index contributed by atoms with van der Waals surface area (Å²) in [6.45, 7) is 2.51. The molecule has 10 nitrogen and oxygen atoms in total. The van der Waals surface area contributed by atoms with E-state index in [9.17, 15) is 19.5 Å². The molecule has 3 heterocycles. The summed E-state index contributed by atoms with van der Waals surface area (Å²) in [5.74, 6) is 0.413. The minimum absolute atomic E-state index is 0.0958. The zero-order valence-corrected chi connectivity index (χ0v) is 15.0. The average Bonchev–Trinajstić information content (AvgIpc) is 3.04. The number of aromatic amines is 1. The smallest absolute Gasteiger partial charge is 0.328 e. The summed E-state index contributed by atoms with van der Waals surface area (Å²) in [7, 11) is 0. The number of aliphatic hydroxyl groups excluding tert-OH is 1. The molecule has 27 heavy (non-hydrogen) atoms. The number of rotatable bonds is 6. The second kappa shape index (κ2) is 8.12. The van der Waals surface area contributed by atoms with E-state index in [-0.39, 0.29) is 19.0 Å². The van der Waals surface area contributed by atoms with Crippen molar-refractivity contribution >= 4 is 11.9 Å². The number of carbonyl (C=O) groups is 1. The lowest BCUT2D eigenvalue weighted by atomic mass is 10.2. The number of aliphatic hydroxyl groups is 1. The molecular formula is C17H22N6O4. The minimum Gasteiger partial charge on any atom is -0.389 e. The molecule has 0 saturated carbocycles. The van der Waals surface area contributed by atoms with Gasteiger partial charge in [0.1, 0.15) is 0 Å². The maximum atomic E-state index is 12.4. The van der Waals surface area contributed by atoms with Crippen molar-refractivity contribution in [1.29, 1.82) is 0 Å². The number of carbonyl (C=O) groups excluding carboxylic acids is 1. The van der Waals surface area contributed by atoms with Crippen LogP contribution in [0.25, 0.3) is 0 Å². The van der Waals surface area contributed by atoms with E-state index in [2.05, 4.69) is 20.3 Å². The van der Waals surface area contributed by atoms with Gasteiger partial charge in [-0.3, -0.25) is 19.1 Å². The van der Waals surface area contributed by atoms with E-state index in [0.717, 1.165) is 0 Å². The van der Waals surface area contributed by atoms with Gasteiger partial charge in [0.05, 0.1) is 12.1 Å². The molecule has 10 heteroatoms. The maximum absolute atomic E-state index is 12.4. The van der Waals surface area contributed by atoms with E-state index in [1.807, 2.05) is 0 Å². The third kappa shape index (κ3) is 4.40. The van der Waals surface area contributed by atoms with Crippen LogP contribution in [0.15, 0.2) is 34.2 Å². The average molecular weight is 374 g/mol. The monoisotopic (exact) mass is 374 g/mol. The summed E-state index contributed by atoms with van der Waals surface area (Å²) in [5.41, 5.74) is -0.664. The van der Waals surface area contributed by atoms with Gasteiger partial charge in [0.2, 0.25) is 11.9 Å². The standard InChI is InChI=1S/C17H22N6O4/c1-11-8-23(17(27)21-15(11)26)12-9-22(10-13(12)24)14(25)4-2-5-18-16-19-6-3-7-20-16/h3,6-8,12-13,24H,2,4-5,9-10H2,1H3,(H,18,19,20)(H,21,26,27)/t12-,13-/m1/s1. The Kier molecular flexibility index (Phi) is 5.65. The molecule has 2 aromatic rings. The molecule has 1 aliphatic rings. The Morgan fingerprint density at radius 2 is 2.07 bits per heavy atom. The molecule has 1 fully saturated rings. The quantitative estimate of drug-likeness (QED) is 0.568. The van der Waals surface area contributed by atoms with Crippen molar-refractivity contribution in [3.8, 4) is 0 Å². The summed E-state index contributed by atoms with van der Waals surface area (Å²) in [4.78, 5) is 47.8. The highest BCUT2D eigenvalue weighted by atomic mass is 16.3. The molecule has 0 unspecified atom stereocenters. The molecule has 3 rings (SSSR count). The van der Waals surface area contributed by atoms with Crippen LogP contribution in [-0.4, -0.2) is 61.2 Å². The van der Waals surface area contributed by atoms with Crippen molar-refractivity contribution in [2.45, 2.75) is 31.9 Å². The number of hydrogen-bond donors (Lipinski definition) is 3. The van der Waals surface area contributed by atoms with Crippen LogP contribution >= 0.6 is 0 Å². The van der Waals surface area contributed by atoms with E-state index in [1.54, 1.807) is 30.3 Å². The zero-order valence-electron chi connectivity index (χ0n) is 15.0. The number of H-pyrrole nitrogens is 1. The van der Waals surface area contributed by atoms with Gasteiger partial charge in [-0.25, -0.2) is 14.8 Å². The Morgan fingerprint density at radius 1 is 1.33 bits per heavy atom. The number of aryl methyl sites for hydroxylation is 1. The van der Waals surface area contributed by atoms with Crippen molar-refractivity contribution in [3.05, 3.63) is 51.1 Å². The number of likely N-dealkylation sites (tertiary alicyclic amines) is 1. The molecular weight excluding hydrogens is 352 g/mol. The number of nitrogens with zero attached hydrogens (tertiary/aromatic N) is 4. The van der Waals surface area contributed by atoms with Gasteiger partial charge in [-0.2, -0.15) is 0 Å². The second-order valence-electron chi connectivity index (χ2n) is 6.51. The van der Waals surface area contributed by atoms with Crippen LogP contribution in [-0.2, 0) is 4.79 Å². The molecule has 2 aromatic heterocycles. The molecule has 3 N–H and O–H groups in total. The van der Waals surface area contributed by atoms with Crippen LogP contribution in [0.4, 0.5) is 5.95 Å². The van der Waals surface area contributed by atoms with Crippen molar-refractivity contribution in [1.82, 2.24) is 24.4 Å². The van der Waals surface area contributed by atoms with Gasteiger partial charge in [-0.1, -0.05) is 0 Å². The Bertz CT molecular complexity index is 910. The highest BCUT2D eigenvalue weighted by Gasteiger charge is 2.35. The van der Waals surface area contributed by atoms with Gasteiger partial charge < -0.3 is 15.3 Å². The Hall–Kier alpha value is -3.01. The number of aromatic nitrogens is 4. The zero-order chi connectivity index (χ0) is 19.4. The van der Waals surface area contributed by atoms with E-state index >= 15 is 0 Å². The predicted molar refractivity (Wildman–Crippen MR) is 97.4 cm³/mol. The fourth-order valence-electron chi connectivity index (χ4n) is 3.07. The number of β-amino-alcohol motifs (C(OH)–C–C–N with tert-alkyl or cyclic N) is 1. The van der Waals surface area contributed by atoms with Crippen molar-refractivity contribution in [2.24, 2.45) is 0 Å². The molecule has 0 radical (unpaired) electrons. The Morgan fingerprint density at radius 3 is 2.81 bits per heavy atom. The molecule has 1 saturated heterocycles. The number of anilines is 1. The van der Waals surface area contributed by atoms with Crippen LogP contribution in [0.1, 0.15) is 24.4 Å². The van der Waals surface area contributed by atoms with Crippen molar-refractivity contribution in [3.63, 3.8) is 0 Å². The SMILES string of the molecule is Cc1cn([C@@H]2CN(C(=O)CCCNc3ncccn3)C[C@H]2O)c(=O)[nH]c1=O. The molecule has 0 aromatic carbocycles. The maximum Gasteiger partial charge on any atom is 0.328 e. The number of amides is 1. The highest BCUT2D eigenvalue weighted by molar-refractivity contribution is 5.76. The summed E-state index contributed by atoms with van der Waals surface area (Å²) in [6.07, 6.45) is 4.71. The van der Waals surface area contributed by atoms with Crippen molar-refractivity contribution in [2.75, 3.05) is 25.0 Å². The van der Waals surface area contributed by atoms with Crippen LogP contribution in [0.5, 0.6) is 0 Å². The first-order chi connectivity index (χ1) is 13.0. The lowest BCUT2D eigenvalue weighted by Gasteiger charge is -2.17. The predicted octanol–water partition coefficient (Wildman–Crippen LogP) is -0.728. The van der Waals surface area contributed by atoms with Crippen LogP contribution < -0.4 is 16.6 Å². The third-order valence-corrected chi connectivity index (χ3v) is 4.53. The van der Waals surface area contributed by atoms with Crippen LogP contribution in [0.2, 0.25) is 0 Å². The second-order valence-corrected chi connectivity index (χ2v) is 6.51. The van der Waals surface area contributed by atoms with Crippen LogP contribution in [0, 0.1) is 6.92 Å². The highest BCUT2D eigenvalue weighted by Crippen LogP contribution is 2.21. The van der Waals surface area contributed by atoms with Gasteiger partial charge in [0.25, 0.3) is 5.56 Å². The fourth-order valence-corrected chi connectivity index (χ4v) is 3.07. The molecule has 2 atom stereocenters.